The fraction of sp³-hybridized carbons (Fsp3) is 0.130. The van der Waals surface area contributed by atoms with Crippen molar-refractivity contribution in [1.82, 2.24) is 5.32 Å². The van der Waals surface area contributed by atoms with Gasteiger partial charge in [0.05, 0.1) is 15.6 Å². The van der Waals surface area contributed by atoms with Crippen LogP contribution in [0.25, 0.3) is 0 Å². The molecule has 11 heteroatoms. The Kier molecular flexibility index (Phi) is 8.01. The van der Waals surface area contributed by atoms with E-state index in [9.17, 15) is 27.2 Å². The molecule has 0 radical (unpaired) electrons. The lowest BCUT2D eigenvalue weighted by molar-refractivity contribution is -0.0498. The van der Waals surface area contributed by atoms with E-state index in [0.717, 1.165) is 12.1 Å². The van der Waals surface area contributed by atoms with E-state index in [1.807, 2.05) is 0 Å². The molecule has 5 nitrogen and oxygen atoms in total. The number of ether oxygens (including phenoxy) is 1. The van der Waals surface area contributed by atoms with Gasteiger partial charge in [-0.2, -0.15) is 8.78 Å². The molecule has 3 aromatic carbocycles. The van der Waals surface area contributed by atoms with Crippen molar-refractivity contribution in [3.8, 4) is 5.75 Å². The van der Waals surface area contributed by atoms with Gasteiger partial charge < -0.3 is 15.4 Å². The van der Waals surface area contributed by atoms with Crippen molar-refractivity contribution in [1.29, 1.82) is 0 Å². The van der Waals surface area contributed by atoms with Gasteiger partial charge in [0.2, 0.25) is 0 Å². The summed E-state index contributed by atoms with van der Waals surface area (Å²) in [5, 5.41) is 4.93. The standard InChI is InChI=1S/C23H16Cl2F4N2O3/c1-11-6-14(34-23(28)29)3-5-19(11)31-22(33)15-8-13(9-16(24)20(15)25)21(32)30-10-12-2-4-17(26)18(27)7-12/h2-9,23H,10H2,1H3,(H,30,32)(H,31,33). The lowest BCUT2D eigenvalue weighted by Crippen LogP contribution is -2.24. The Morgan fingerprint density at radius 3 is 2.35 bits per heavy atom. The topological polar surface area (TPSA) is 67.4 Å². The van der Waals surface area contributed by atoms with Crippen LogP contribution in [-0.4, -0.2) is 18.4 Å². The number of aryl methyl sites for hydroxylation is 1. The summed E-state index contributed by atoms with van der Waals surface area (Å²) in [6.45, 7) is -1.52. The monoisotopic (exact) mass is 514 g/mol. The zero-order chi connectivity index (χ0) is 25.0. The highest BCUT2D eigenvalue weighted by molar-refractivity contribution is 6.44. The van der Waals surface area contributed by atoms with Crippen LogP contribution in [-0.2, 0) is 6.54 Å². The lowest BCUT2D eigenvalue weighted by atomic mass is 10.1. The predicted molar refractivity (Wildman–Crippen MR) is 120 cm³/mol. The number of nitrogens with one attached hydrogen (secondary N) is 2. The predicted octanol–water partition coefficient (Wildman–Crippen LogP) is 6.36. The van der Waals surface area contributed by atoms with Gasteiger partial charge in [0, 0.05) is 17.8 Å². The first-order valence-electron chi connectivity index (χ1n) is 9.63. The maximum atomic E-state index is 13.3. The third kappa shape index (κ3) is 6.18. The molecule has 0 spiro atoms. The first-order valence-corrected chi connectivity index (χ1v) is 10.4. The Hall–Kier alpha value is -3.30. The molecular formula is C23H16Cl2F4N2O3. The van der Waals surface area contributed by atoms with Crippen LogP contribution in [0.4, 0.5) is 23.2 Å². The molecule has 3 aromatic rings. The normalized spacial score (nSPS) is 10.8. The van der Waals surface area contributed by atoms with E-state index in [1.54, 1.807) is 6.92 Å². The number of benzene rings is 3. The molecule has 0 heterocycles. The van der Waals surface area contributed by atoms with Crippen LogP contribution >= 0.6 is 23.2 Å². The number of halogens is 6. The molecule has 2 N–H and O–H groups in total. The molecule has 0 saturated carbocycles. The van der Waals surface area contributed by atoms with Crippen molar-refractivity contribution < 1.29 is 31.9 Å². The Balaban J connectivity index is 1.77. The van der Waals surface area contributed by atoms with Gasteiger partial charge >= 0.3 is 6.61 Å². The second kappa shape index (κ2) is 10.8. The highest BCUT2D eigenvalue weighted by Crippen LogP contribution is 2.30. The zero-order valence-corrected chi connectivity index (χ0v) is 18.9. The first kappa shape index (κ1) is 25.3. The third-order valence-corrected chi connectivity index (χ3v) is 5.45. The smallest absolute Gasteiger partial charge is 0.387 e. The second-order valence-corrected chi connectivity index (χ2v) is 7.85. The number of carbonyl (C=O) groups is 2. The average Bonchev–Trinajstić information content (AvgIpc) is 2.77. The first-order chi connectivity index (χ1) is 16.0. The number of hydrogen-bond donors (Lipinski definition) is 2. The number of hydrogen-bond acceptors (Lipinski definition) is 3. The molecular weight excluding hydrogens is 499 g/mol. The minimum Gasteiger partial charge on any atom is -0.435 e. The van der Waals surface area contributed by atoms with E-state index < -0.39 is 30.1 Å². The van der Waals surface area contributed by atoms with Gasteiger partial charge in [-0.3, -0.25) is 9.59 Å². The van der Waals surface area contributed by atoms with Crippen molar-refractivity contribution in [3.63, 3.8) is 0 Å². The second-order valence-electron chi connectivity index (χ2n) is 7.06. The van der Waals surface area contributed by atoms with Crippen LogP contribution in [0.2, 0.25) is 10.0 Å². The SMILES string of the molecule is Cc1cc(OC(F)F)ccc1NC(=O)c1cc(C(=O)NCc2ccc(F)c(F)c2)cc(Cl)c1Cl. The molecule has 3 rings (SSSR count). The summed E-state index contributed by atoms with van der Waals surface area (Å²) in [7, 11) is 0. The van der Waals surface area contributed by atoms with E-state index in [2.05, 4.69) is 15.4 Å². The summed E-state index contributed by atoms with van der Waals surface area (Å²) >= 11 is 12.2. The van der Waals surface area contributed by atoms with Crippen molar-refractivity contribution in [2.75, 3.05) is 5.32 Å². The molecule has 34 heavy (non-hydrogen) atoms. The van der Waals surface area contributed by atoms with Crippen LogP contribution in [0, 0.1) is 18.6 Å². The van der Waals surface area contributed by atoms with Crippen LogP contribution < -0.4 is 15.4 Å². The van der Waals surface area contributed by atoms with E-state index in [0.29, 0.717) is 16.8 Å². The van der Waals surface area contributed by atoms with Crippen LogP contribution in [0.3, 0.4) is 0 Å². The van der Waals surface area contributed by atoms with Crippen molar-refractivity contribution >= 4 is 40.7 Å². The van der Waals surface area contributed by atoms with Crippen LogP contribution in [0.1, 0.15) is 31.8 Å². The van der Waals surface area contributed by atoms with Gasteiger partial charge in [0.1, 0.15) is 5.75 Å². The molecule has 0 fully saturated rings. The minimum absolute atomic E-state index is 0.000429. The maximum absolute atomic E-state index is 13.3. The third-order valence-electron chi connectivity index (χ3n) is 4.64. The maximum Gasteiger partial charge on any atom is 0.387 e. The number of alkyl halides is 2. The Morgan fingerprint density at radius 1 is 0.971 bits per heavy atom. The van der Waals surface area contributed by atoms with Gasteiger partial charge in [-0.1, -0.05) is 29.3 Å². The van der Waals surface area contributed by atoms with Crippen molar-refractivity contribution in [2.24, 2.45) is 0 Å². The van der Waals surface area contributed by atoms with E-state index in [1.165, 1.54) is 36.4 Å². The molecule has 0 aromatic heterocycles. The number of amides is 2. The van der Waals surface area contributed by atoms with Gasteiger partial charge in [-0.15, -0.1) is 0 Å². The molecule has 0 bridgehead atoms. The zero-order valence-electron chi connectivity index (χ0n) is 17.4. The molecule has 0 unspecified atom stereocenters. The summed E-state index contributed by atoms with van der Waals surface area (Å²) in [4.78, 5) is 25.4. The molecule has 0 saturated heterocycles. The van der Waals surface area contributed by atoms with Crippen LogP contribution in [0.15, 0.2) is 48.5 Å². The largest absolute Gasteiger partial charge is 0.435 e. The van der Waals surface area contributed by atoms with Crippen molar-refractivity contribution in [3.05, 3.63) is 92.5 Å². The van der Waals surface area contributed by atoms with Gasteiger partial charge in [-0.25, -0.2) is 8.78 Å². The molecule has 0 aliphatic heterocycles. The van der Waals surface area contributed by atoms with E-state index in [4.69, 9.17) is 23.2 Å². The highest BCUT2D eigenvalue weighted by atomic mass is 35.5. The summed E-state index contributed by atoms with van der Waals surface area (Å²) < 4.78 is 55.5. The van der Waals surface area contributed by atoms with E-state index in [-0.39, 0.29) is 33.5 Å². The fourth-order valence-corrected chi connectivity index (χ4v) is 3.38. The average molecular weight is 515 g/mol. The van der Waals surface area contributed by atoms with Crippen molar-refractivity contribution in [2.45, 2.75) is 20.1 Å². The molecule has 0 atom stereocenters. The molecule has 178 valence electrons. The summed E-state index contributed by atoms with van der Waals surface area (Å²) in [5.41, 5.74) is 0.945. The number of rotatable bonds is 7. The Bertz CT molecular complexity index is 1260. The Morgan fingerprint density at radius 2 is 1.71 bits per heavy atom. The molecule has 0 aliphatic rings. The summed E-state index contributed by atoms with van der Waals surface area (Å²) in [6.07, 6.45) is 0. The summed E-state index contributed by atoms with van der Waals surface area (Å²) in [6, 6.07) is 9.61. The summed E-state index contributed by atoms with van der Waals surface area (Å²) in [5.74, 6) is -3.48. The van der Waals surface area contributed by atoms with Gasteiger partial charge in [0.25, 0.3) is 11.8 Å². The van der Waals surface area contributed by atoms with E-state index >= 15 is 0 Å². The molecule has 0 aliphatic carbocycles. The Labute approximate surface area is 201 Å². The quantitative estimate of drug-likeness (QED) is 0.360. The minimum atomic E-state index is -2.99. The molecule has 2 amide bonds. The number of anilines is 1. The lowest BCUT2D eigenvalue weighted by Gasteiger charge is -2.13. The fourth-order valence-electron chi connectivity index (χ4n) is 2.96. The van der Waals surface area contributed by atoms with Crippen LogP contribution in [0.5, 0.6) is 5.75 Å². The number of carbonyl (C=O) groups excluding carboxylic acids is 2. The van der Waals surface area contributed by atoms with Gasteiger partial charge in [-0.05, 0) is 60.5 Å². The van der Waals surface area contributed by atoms with Gasteiger partial charge in [0.15, 0.2) is 11.6 Å². The highest BCUT2D eigenvalue weighted by Gasteiger charge is 2.19.